The summed E-state index contributed by atoms with van der Waals surface area (Å²) in [5, 5.41) is 3.54. The molecular weight excluding hydrogens is 484 g/mol. The molecule has 4 rings (SSSR count). The van der Waals surface area contributed by atoms with E-state index < -0.39 is 33.0 Å². The summed E-state index contributed by atoms with van der Waals surface area (Å²) in [4.78, 5) is 18.9. The van der Waals surface area contributed by atoms with Crippen LogP contribution in [0.15, 0.2) is 30.4 Å². The average Bonchev–Trinajstić information content (AvgIpc) is 3.18. The number of nitrogen functional groups attached to an aromatic ring is 1. The van der Waals surface area contributed by atoms with Crippen molar-refractivity contribution in [3.63, 3.8) is 0 Å². The Bertz CT molecular complexity index is 1160. The third kappa shape index (κ3) is 5.62. The number of carbonyl (C=O) groups is 1. The zero-order valence-corrected chi connectivity index (χ0v) is 20.2. The number of benzene rings is 1. The molecule has 1 aromatic heterocycles. The lowest BCUT2D eigenvalue weighted by Crippen LogP contribution is -2.45. The molecule has 1 aromatic carbocycles. The maximum Gasteiger partial charge on any atom is 0.215 e. The maximum atomic E-state index is 14.0. The standard InChI is InChI=1S/C22H27F2N5O3S2/c23-16-5-4-6-17(24)18(16)19(30)20-21(25)27-22(33-20)26-15-7-11-29(12-8-15)34(31,32)14-13-28-9-2-1-3-10-28/h1-2,4-6,15H,3,7-14,25H2,(H,26,27). The van der Waals surface area contributed by atoms with E-state index in [-0.39, 0.29) is 22.5 Å². The Morgan fingerprint density at radius 2 is 1.88 bits per heavy atom. The maximum absolute atomic E-state index is 14.0. The van der Waals surface area contributed by atoms with Gasteiger partial charge in [0.1, 0.15) is 22.3 Å². The van der Waals surface area contributed by atoms with Gasteiger partial charge in [-0.25, -0.2) is 26.5 Å². The molecule has 0 aliphatic carbocycles. The number of rotatable bonds is 8. The Morgan fingerprint density at radius 3 is 2.53 bits per heavy atom. The van der Waals surface area contributed by atoms with Gasteiger partial charge in [-0.15, -0.1) is 0 Å². The van der Waals surface area contributed by atoms with Crippen LogP contribution in [0.3, 0.4) is 0 Å². The van der Waals surface area contributed by atoms with Crippen molar-refractivity contribution in [2.24, 2.45) is 0 Å². The number of nitrogens with one attached hydrogen (secondary N) is 1. The Labute approximate surface area is 201 Å². The van der Waals surface area contributed by atoms with Gasteiger partial charge in [0.25, 0.3) is 0 Å². The molecule has 0 saturated carbocycles. The van der Waals surface area contributed by atoms with Crippen molar-refractivity contribution in [2.45, 2.75) is 25.3 Å². The van der Waals surface area contributed by atoms with E-state index in [4.69, 9.17) is 5.73 Å². The first kappa shape index (κ1) is 24.7. The number of nitrogens with two attached hydrogens (primary N) is 1. The molecule has 1 saturated heterocycles. The first-order valence-electron chi connectivity index (χ1n) is 11.1. The van der Waals surface area contributed by atoms with Crippen molar-refractivity contribution in [1.29, 1.82) is 0 Å². The molecule has 0 unspecified atom stereocenters. The number of anilines is 2. The van der Waals surface area contributed by atoms with Crippen LogP contribution >= 0.6 is 11.3 Å². The van der Waals surface area contributed by atoms with Gasteiger partial charge in [0, 0.05) is 38.8 Å². The molecule has 184 valence electrons. The molecule has 1 fully saturated rings. The number of nitrogens with zero attached hydrogens (tertiary/aromatic N) is 3. The number of carbonyl (C=O) groups excluding carboxylic acids is 1. The molecule has 3 N–H and O–H groups in total. The zero-order chi connectivity index (χ0) is 24.3. The number of ketones is 1. The molecular formula is C22H27F2N5O3S2. The SMILES string of the molecule is Nc1nc(NC2CCN(S(=O)(=O)CCN3CC=CCC3)CC2)sc1C(=O)c1c(F)cccc1F. The number of piperidine rings is 1. The molecule has 0 atom stereocenters. The lowest BCUT2D eigenvalue weighted by atomic mass is 10.1. The van der Waals surface area contributed by atoms with E-state index >= 15 is 0 Å². The number of sulfonamides is 1. The van der Waals surface area contributed by atoms with Crippen LogP contribution in [0.2, 0.25) is 0 Å². The Balaban J connectivity index is 1.33. The van der Waals surface area contributed by atoms with Crippen LogP contribution in [0.4, 0.5) is 19.7 Å². The molecule has 2 aliphatic heterocycles. The summed E-state index contributed by atoms with van der Waals surface area (Å²) in [7, 11) is -3.34. The van der Waals surface area contributed by atoms with Crippen molar-refractivity contribution in [3.05, 3.63) is 52.4 Å². The monoisotopic (exact) mass is 511 g/mol. The molecule has 0 radical (unpaired) electrons. The van der Waals surface area contributed by atoms with E-state index in [1.54, 1.807) is 0 Å². The average molecular weight is 512 g/mol. The van der Waals surface area contributed by atoms with Crippen molar-refractivity contribution in [3.8, 4) is 0 Å². The van der Waals surface area contributed by atoms with Gasteiger partial charge in [0.05, 0.1) is 11.3 Å². The second-order valence-corrected chi connectivity index (χ2v) is 11.4. The van der Waals surface area contributed by atoms with Crippen LogP contribution in [-0.4, -0.2) is 72.9 Å². The Hall–Kier alpha value is -2.41. The summed E-state index contributed by atoms with van der Waals surface area (Å²) in [6, 6.07) is 3.15. The van der Waals surface area contributed by atoms with E-state index in [0.29, 0.717) is 37.6 Å². The van der Waals surface area contributed by atoms with E-state index in [1.807, 2.05) is 0 Å². The minimum atomic E-state index is -3.34. The zero-order valence-electron chi connectivity index (χ0n) is 18.5. The van der Waals surface area contributed by atoms with Crippen molar-refractivity contribution < 1.29 is 22.0 Å². The van der Waals surface area contributed by atoms with Crippen LogP contribution in [0.25, 0.3) is 0 Å². The summed E-state index contributed by atoms with van der Waals surface area (Å²) in [6.07, 6.45) is 6.24. The highest BCUT2D eigenvalue weighted by atomic mass is 32.2. The number of hydrogen-bond donors (Lipinski definition) is 2. The molecule has 34 heavy (non-hydrogen) atoms. The van der Waals surface area contributed by atoms with Gasteiger partial charge in [-0.05, 0) is 31.4 Å². The van der Waals surface area contributed by atoms with Gasteiger partial charge in [0.15, 0.2) is 5.13 Å². The van der Waals surface area contributed by atoms with Crippen LogP contribution in [0, 0.1) is 11.6 Å². The summed E-state index contributed by atoms with van der Waals surface area (Å²) in [6.45, 7) is 2.94. The number of thiazole rings is 1. The van der Waals surface area contributed by atoms with Gasteiger partial charge in [0.2, 0.25) is 15.8 Å². The van der Waals surface area contributed by atoms with Gasteiger partial charge < -0.3 is 11.1 Å². The number of aromatic nitrogens is 1. The van der Waals surface area contributed by atoms with Crippen molar-refractivity contribution in [1.82, 2.24) is 14.2 Å². The second-order valence-electron chi connectivity index (χ2n) is 8.35. The molecule has 3 heterocycles. The first-order valence-corrected chi connectivity index (χ1v) is 13.5. The largest absolute Gasteiger partial charge is 0.382 e. The minimum Gasteiger partial charge on any atom is -0.382 e. The molecule has 2 aliphatic rings. The third-order valence-corrected chi connectivity index (χ3v) is 8.88. The number of halogens is 2. The summed E-state index contributed by atoms with van der Waals surface area (Å²) >= 11 is 0.931. The van der Waals surface area contributed by atoms with E-state index in [9.17, 15) is 22.0 Å². The smallest absolute Gasteiger partial charge is 0.215 e. The molecule has 2 aromatic rings. The lowest BCUT2D eigenvalue weighted by molar-refractivity contribution is 0.103. The number of hydrogen-bond acceptors (Lipinski definition) is 8. The molecule has 12 heteroatoms. The fourth-order valence-electron chi connectivity index (χ4n) is 4.10. The predicted molar refractivity (Wildman–Crippen MR) is 129 cm³/mol. The highest BCUT2D eigenvalue weighted by Crippen LogP contribution is 2.30. The van der Waals surface area contributed by atoms with Crippen LogP contribution in [0.1, 0.15) is 34.5 Å². The Morgan fingerprint density at radius 1 is 1.18 bits per heavy atom. The predicted octanol–water partition coefficient (Wildman–Crippen LogP) is 2.70. The van der Waals surface area contributed by atoms with E-state index in [1.165, 1.54) is 10.4 Å². The van der Waals surface area contributed by atoms with Gasteiger partial charge in [-0.1, -0.05) is 29.6 Å². The van der Waals surface area contributed by atoms with Gasteiger partial charge in [-0.2, -0.15) is 0 Å². The van der Waals surface area contributed by atoms with Crippen molar-refractivity contribution >= 4 is 38.1 Å². The molecule has 0 spiro atoms. The van der Waals surface area contributed by atoms with E-state index in [0.717, 1.165) is 43.0 Å². The van der Waals surface area contributed by atoms with Crippen LogP contribution in [-0.2, 0) is 10.0 Å². The topological polar surface area (TPSA) is 109 Å². The normalized spacial score (nSPS) is 18.3. The molecule has 8 nitrogen and oxygen atoms in total. The van der Waals surface area contributed by atoms with Crippen LogP contribution in [0.5, 0.6) is 0 Å². The van der Waals surface area contributed by atoms with Crippen molar-refractivity contribution in [2.75, 3.05) is 49.5 Å². The fourth-order valence-corrected chi connectivity index (χ4v) is 6.53. The summed E-state index contributed by atoms with van der Waals surface area (Å²) in [5.41, 5.74) is 5.19. The molecule has 0 amide bonds. The fraction of sp³-hybridized carbons (Fsp3) is 0.455. The summed E-state index contributed by atoms with van der Waals surface area (Å²) < 4.78 is 55.0. The lowest BCUT2D eigenvalue weighted by Gasteiger charge is -2.32. The third-order valence-electron chi connectivity index (χ3n) is 6.03. The van der Waals surface area contributed by atoms with Crippen LogP contribution < -0.4 is 11.1 Å². The second kappa shape index (κ2) is 10.5. The highest BCUT2D eigenvalue weighted by molar-refractivity contribution is 7.89. The Kier molecular flexibility index (Phi) is 7.60. The first-order chi connectivity index (χ1) is 16.2. The minimum absolute atomic E-state index is 0.0425. The summed E-state index contributed by atoms with van der Waals surface area (Å²) in [5.74, 6) is -2.79. The highest BCUT2D eigenvalue weighted by Gasteiger charge is 2.30. The molecule has 0 bridgehead atoms. The quantitative estimate of drug-likeness (QED) is 0.414. The van der Waals surface area contributed by atoms with E-state index in [2.05, 4.69) is 27.4 Å². The van der Waals surface area contributed by atoms with Gasteiger partial charge >= 0.3 is 0 Å². The van der Waals surface area contributed by atoms with Gasteiger partial charge in [-0.3, -0.25) is 9.69 Å².